The summed E-state index contributed by atoms with van der Waals surface area (Å²) in [6.45, 7) is 2.74. The van der Waals surface area contributed by atoms with Crippen LogP contribution < -0.4 is 0 Å². The van der Waals surface area contributed by atoms with Crippen molar-refractivity contribution in [3.05, 3.63) is 34.6 Å². The Morgan fingerprint density at radius 2 is 2.28 bits per heavy atom. The minimum absolute atomic E-state index is 0.0234. The second kappa shape index (κ2) is 5.45. The number of carbonyl (C=O) groups excluding carboxylic acids is 1. The Kier molecular flexibility index (Phi) is 4.13. The fourth-order valence-electron chi connectivity index (χ4n) is 2.29. The highest BCUT2D eigenvalue weighted by Crippen LogP contribution is 2.27. The lowest BCUT2D eigenvalue weighted by atomic mass is 10.0. The molecule has 1 heterocycles. The molecule has 98 valence electrons. The molecule has 18 heavy (non-hydrogen) atoms. The average Bonchev–Trinajstić information content (AvgIpc) is 2.73. The lowest BCUT2D eigenvalue weighted by Gasteiger charge is -2.25. The van der Waals surface area contributed by atoms with E-state index >= 15 is 0 Å². The Balaban J connectivity index is 2.23. The number of halogens is 3. The number of likely N-dealkylation sites (tertiary alicyclic amines) is 1. The van der Waals surface area contributed by atoms with E-state index in [4.69, 9.17) is 23.2 Å². The molecule has 0 spiro atoms. The van der Waals surface area contributed by atoms with Crippen LogP contribution >= 0.6 is 23.2 Å². The summed E-state index contributed by atoms with van der Waals surface area (Å²) in [5.74, 6) is 0.0320. The van der Waals surface area contributed by atoms with Crippen LogP contribution in [-0.4, -0.2) is 29.3 Å². The summed E-state index contributed by atoms with van der Waals surface area (Å²) < 4.78 is 13.4. The Bertz CT molecular complexity index is 466. The summed E-state index contributed by atoms with van der Waals surface area (Å²) in [7, 11) is 0. The van der Waals surface area contributed by atoms with E-state index in [-0.39, 0.29) is 17.0 Å². The van der Waals surface area contributed by atoms with Gasteiger partial charge in [0.05, 0.1) is 5.02 Å². The van der Waals surface area contributed by atoms with E-state index in [0.29, 0.717) is 23.9 Å². The van der Waals surface area contributed by atoms with E-state index in [1.807, 2.05) is 0 Å². The van der Waals surface area contributed by atoms with Crippen molar-refractivity contribution in [2.45, 2.75) is 19.4 Å². The molecule has 0 N–H and O–H groups in total. The van der Waals surface area contributed by atoms with Gasteiger partial charge in [0, 0.05) is 24.0 Å². The van der Waals surface area contributed by atoms with Crippen LogP contribution in [0.2, 0.25) is 5.02 Å². The second-order valence-electron chi connectivity index (χ2n) is 4.62. The monoisotopic (exact) mass is 289 g/mol. The average molecular weight is 290 g/mol. The number of alkyl halides is 1. The smallest absolute Gasteiger partial charge is 0.254 e. The fourth-order valence-corrected chi connectivity index (χ4v) is 2.88. The third-order valence-corrected chi connectivity index (χ3v) is 4.09. The molecule has 5 heteroatoms. The molecular weight excluding hydrogens is 276 g/mol. The van der Waals surface area contributed by atoms with Gasteiger partial charge < -0.3 is 4.90 Å². The zero-order valence-electron chi connectivity index (χ0n) is 10.00. The molecule has 2 nitrogen and oxygen atoms in total. The molecule has 2 rings (SSSR count). The number of rotatable bonds is 2. The topological polar surface area (TPSA) is 20.3 Å². The van der Waals surface area contributed by atoms with E-state index < -0.39 is 5.82 Å². The quantitative estimate of drug-likeness (QED) is 0.762. The molecule has 0 saturated carbocycles. The number of hydrogen-bond donors (Lipinski definition) is 0. The van der Waals surface area contributed by atoms with Crippen molar-refractivity contribution in [2.75, 3.05) is 12.4 Å². The number of amides is 1. The normalized spacial score (nSPS) is 23.4. The molecule has 2 atom stereocenters. The maximum absolute atomic E-state index is 13.4. The summed E-state index contributed by atoms with van der Waals surface area (Å²) in [5, 5.41) is 0.0234. The third-order valence-electron chi connectivity index (χ3n) is 3.47. The molecule has 1 aliphatic heterocycles. The van der Waals surface area contributed by atoms with Crippen LogP contribution in [0, 0.1) is 11.7 Å². The summed E-state index contributed by atoms with van der Waals surface area (Å²) in [4.78, 5) is 14.0. The van der Waals surface area contributed by atoms with Crippen LogP contribution in [0.5, 0.6) is 0 Å². The summed E-state index contributed by atoms with van der Waals surface area (Å²) >= 11 is 11.5. The van der Waals surface area contributed by atoms with Crippen molar-refractivity contribution in [2.24, 2.45) is 5.92 Å². The first-order valence-corrected chi connectivity index (χ1v) is 6.78. The van der Waals surface area contributed by atoms with E-state index in [1.165, 1.54) is 12.1 Å². The van der Waals surface area contributed by atoms with E-state index in [9.17, 15) is 9.18 Å². The highest BCUT2D eigenvalue weighted by Gasteiger charge is 2.34. The summed E-state index contributed by atoms with van der Waals surface area (Å²) in [6, 6.07) is 4.15. The third kappa shape index (κ3) is 2.47. The first kappa shape index (κ1) is 13.6. The van der Waals surface area contributed by atoms with Crippen LogP contribution in [0.4, 0.5) is 4.39 Å². The molecule has 0 aliphatic carbocycles. The minimum atomic E-state index is -0.572. The van der Waals surface area contributed by atoms with Gasteiger partial charge in [0.25, 0.3) is 5.91 Å². The van der Waals surface area contributed by atoms with Gasteiger partial charge in [-0.05, 0) is 30.5 Å². The van der Waals surface area contributed by atoms with Gasteiger partial charge in [0.1, 0.15) is 5.82 Å². The Morgan fingerprint density at radius 3 is 2.89 bits per heavy atom. The Morgan fingerprint density at radius 1 is 1.56 bits per heavy atom. The highest BCUT2D eigenvalue weighted by molar-refractivity contribution is 6.30. The predicted molar refractivity (Wildman–Crippen MR) is 70.7 cm³/mol. The second-order valence-corrected chi connectivity index (χ2v) is 5.33. The maximum atomic E-state index is 13.4. The molecule has 1 aromatic rings. The lowest BCUT2D eigenvalue weighted by molar-refractivity contribution is 0.0736. The van der Waals surface area contributed by atoms with Crippen LogP contribution in [0.3, 0.4) is 0 Å². The van der Waals surface area contributed by atoms with Gasteiger partial charge in [0.2, 0.25) is 0 Å². The number of nitrogens with zero attached hydrogens (tertiary/aromatic N) is 1. The zero-order valence-corrected chi connectivity index (χ0v) is 11.5. The predicted octanol–water partition coefficient (Wildman–Crippen LogP) is 3.57. The van der Waals surface area contributed by atoms with E-state index in [2.05, 4.69) is 6.92 Å². The molecule has 1 saturated heterocycles. The van der Waals surface area contributed by atoms with Crippen LogP contribution in [0.1, 0.15) is 23.7 Å². The molecule has 2 unspecified atom stereocenters. The van der Waals surface area contributed by atoms with Crippen molar-refractivity contribution in [3.8, 4) is 0 Å². The van der Waals surface area contributed by atoms with Crippen LogP contribution in [0.25, 0.3) is 0 Å². The zero-order chi connectivity index (χ0) is 13.3. The largest absolute Gasteiger partial charge is 0.334 e. The van der Waals surface area contributed by atoms with Gasteiger partial charge in [-0.3, -0.25) is 4.79 Å². The molecule has 1 amide bonds. The minimum Gasteiger partial charge on any atom is -0.334 e. The molecular formula is C13H14Cl2FNO. The van der Waals surface area contributed by atoms with Crippen LogP contribution in [-0.2, 0) is 0 Å². The first-order chi connectivity index (χ1) is 8.54. The molecule has 0 aromatic heterocycles. The van der Waals surface area contributed by atoms with Gasteiger partial charge in [-0.1, -0.05) is 18.5 Å². The van der Waals surface area contributed by atoms with Crippen molar-refractivity contribution in [1.29, 1.82) is 0 Å². The molecule has 0 radical (unpaired) electrons. The Hall–Kier alpha value is -0.800. The first-order valence-electron chi connectivity index (χ1n) is 5.86. The van der Waals surface area contributed by atoms with Gasteiger partial charge >= 0.3 is 0 Å². The van der Waals surface area contributed by atoms with Gasteiger partial charge in [-0.25, -0.2) is 4.39 Å². The molecule has 0 bridgehead atoms. The molecule has 1 aromatic carbocycles. The number of benzene rings is 1. The van der Waals surface area contributed by atoms with Crippen LogP contribution in [0.15, 0.2) is 18.2 Å². The Labute approximate surface area is 116 Å². The van der Waals surface area contributed by atoms with Crippen molar-refractivity contribution >= 4 is 29.1 Å². The molecule has 1 aliphatic rings. The van der Waals surface area contributed by atoms with Gasteiger partial charge in [-0.15, -0.1) is 11.6 Å². The van der Waals surface area contributed by atoms with Crippen molar-refractivity contribution < 1.29 is 9.18 Å². The lowest BCUT2D eigenvalue weighted by Crippen LogP contribution is -2.38. The maximum Gasteiger partial charge on any atom is 0.254 e. The SMILES string of the molecule is CC1CCN(C(=O)c2ccc(Cl)c(F)c2)C1CCl. The van der Waals surface area contributed by atoms with E-state index in [1.54, 1.807) is 11.0 Å². The standard InChI is InChI=1S/C13H14Cl2FNO/c1-8-4-5-17(12(8)7-14)13(18)9-2-3-10(15)11(16)6-9/h2-3,6,8,12H,4-5,7H2,1H3. The van der Waals surface area contributed by atoms with Gasteiger partial charge in [0.15, 0.2) is 0 Å². The number of carbonyl (C=O) groups is 1. The van der Waals surface area contributed by atoms with E-state index in [0.717, 1.165) is 6.42 Å². The summed E-state index contributed by atoms with van der Waals surface area (Å²) in [6.07, 6.45) is 0.930. The molecule has 1 fully saturated rings. The summed E-state index contributed by atoms with van der Waals surface area (Å²) in [5.41, 5.74) is 0.320. The highest BCUT2D eigenvalue weighted by atomic mass is 35.5. The number of hydrogen-bond acceptors (Lipinski definition) is 1. The fraction of sp³-hybridized carbons (Fsp3) is 0.462. The van der Waals surface area contributed by atoms with Crippen molar-refractivity contribution in [3.63, 3.8) is 0 Å². The van der Waals surface area contributed by atoms with Crippen molar-refractivity contribution in [1.82, 2.24) is 4.90 Å². The van der Waals surface area contributed by atoms with Gasteiger partial charge in [-0.2, -0.15) is 0 Å².